The van der Waals surface area contributed by atoms with Crippen molar-refractivity contribution >= 4 is 27.3 Å². The van der Waals surface area contributed by atoms with E-state index in [1.54, 1.807) is 7.11 Å². The zero-order valence-corrected chi connectivity index (χ0v) is 15.6. The summed E-state index contributed by atoms with van der Waals surface area (Å²) in [5.41, 5.74) is 1.01. The van der Waals surface area contributed by atoms with Gasteiger partial charge in [0.2, 0.25) is 0 Å². The minimum absolute atomic E-state index is 0.802. The Bertz CT molecular complexity index is 946. The van der Waals surface area contributed by atoms with Crippen LogP contribution in [0.4, 0.5) is 5.69 Å². The second-order valence-corrected chi connectivity index (χ2v) is 7.77. The average molecular weight is 366 g/mol. The van der Waals surface area contributed by atoms with Gasteiger partial charge < -0.3 is 15.0 Å². The maximum atomic E-state index is 13.3. The van der Waals surface area contributed by atoms with E-state index in [-0.39, 0.29) is 0 Å². The third-order valence-corrected chi connectivity index (χ3v) is 6.21. The van der Waals surface area contributed by atoms with Crippen LogP contribution < -0.4 is 15.0 Å². The van der Waals surface area contributed by atoms with E-state index < -0.39 is 10.8 Å². The van der Waals surface area contributed by atoms with Gasteiger partial charge in [0.15, 0.2) is 0 Å². The average Bonchev–Trinajstić information content (AvgIpc) is 2.73. The van der Waals surface area contributed by atoms with Crippen molar-refractivity contribution in [1.82, 2.24) is 5.32 Å². The molecule has 3 aromatic carbocycles. The topological polar surface area (TPSA) is 41.6 Å². The number of nitrogens with one attached hydrogen (secondary N) is 1. The van der Waals surface area contributed by atoms with Crippen LogP contribution in [0.25, 0.3) is 10.8 Å². The van der Waals surface area contributed by atoms with E-state index >= 15 is 0 Å². The van der Waals surface area contributed by atoms with Gasteiger partial charge in [-0.25, -0.2) is 4.21 Å². The lowest BCUT2D eigenvalue weighted by atomic mass is 10.1. The summed E-state index contributed by atoms with van der Waals surface area (Å²) in [6, 6.07) is 19.9. The molecule has 0 aromatic heterocycles. The molecule has 0 radical (unpaired) electrons. The van der Waals surface area contributed by atoms with Gasteiger partial charge in [-0.05, 0) is 35.0 Å². The molecule has 0 aliphatic carbocycles. The molecule has 1 unspecified atom stereocenters. The predicted octanol–water partition coefficient (Wildman–Crippen LogP) is 3.42. The van der Waals surface area contributed by atoms with E-state index in [2.05, 4.69) is 22.3 Å². The molecular formula is C21H22N2O2S. The number of piperazine rings is 1. The molecule has 1 fully saturated rings. The summed E-state index contributed by atoms with van der Waals surface area (Å²) in [5, 5.41) is 5.50. The lowest BCUT2D eigenvalue weighted by molar-refractivity contribution is 0.412. The highest BCUT2D eigenvalue weighted by atomic mass is 32.2. The van der Waals surface area contributed by atoms with Crippen LogP contribution in [-0.2, 0) is 10.8 Å². The summed E-state index contributed by atoms with van der Waals surface area (Å²) >= 11 is 0. The zero-order valence-electron chi connectivity index (χ0n) is 14.8. The summed E-state index contributed by atoms with van der Waals surface area (Å²) in [5.74, 6) is 0.825. The van der Waals surface area contributed by atoms with Gasteiger partial charge in [-0.2, -0.15) is 0 Å². The van der Waals surface area contributed by atoms with E-state index in [4.69, 9.17) is 4.74 Å². The third kappa shape index (κ3) is 3.20. The fraction of sp³-hybridized carbons (Fsp3) is 0.238. The molecule has 0 bridgehead atoms. The number of rotatable bonds is 4. The van der Waals surface area contributed by atoms with Crippen molar-refractivity contribution < 1.29 is 8.95 Å². The predicted molar refractivity (Wildman–Crippen MR) is 107 cm³/mol. The monoisotopic (exact) mass is 366 g/mol. The maximum Gasteiger partial charge on any atom is 0.142 e. The Morgan fingerprint density at radius 2 is 1.77 bits per heavy atom. The molecule has 0 amide bonds. The van der Waals surface area contributed by atoms with Crippen molar-refractivity contribution in [2.24, 2.45) is 0 Å². The molecule has 0 saturated carbocycles. The van der Waals surface area contributed by atoms with Crippen LogP contribution in [0.15, 0.2) is 70.5 Å². The van der Waals surface area contributed by atoms with Crippen LogP contribution >= 0.6 is 0 Å². The van der Waals surface area contributed by atoms with Gasteiger partial charge in [0.05, 0.1) is 28.5 Å². The molecule has 4 nitrogen and oxygen atoms in total. The second-order valence-electron chi connectivity index (χ2n) is 6.32. The Kier molecular flexibility index (Phi) is 4.91. The van der Waals surface area contributed by atoms with E-state index in [0.717, 1.165) is 58.2 Å². The number of hydrogen-bond acceptors (Lipinski definition) is 4. The first-order chi connectivity index (χ1) is 12.8. The molecule has 3 aromatic rings. The largest absolute Gasteiger partial charge is 0.495 e. The molecule has 1 heterocycles. The number of nitrogens with zero attached hydrogens (tertiary/aromatic N) is 1. The van der Waals surface area contributed by atoms with Crippen molar-refractivity contribution in [2.45, 2.75) is 9.79 Å². The van der Waals surface area contributed by atoms with E-state index in [1.807, 2.05) is 48.5 Å². The second kappa shape index (κ2) is 7.48. The lowest BCUT2D eigenvalue weighted by Crippen LogP contribution is -2.43. The van der Waals surface area contributed by atoms with Gasteiger partial charge in [-0.1, -0.05) is 36.4 Å². The summed E-state index contributed by atoms with van der Waals surface area (Å²) in [4.78, 5) is 3.94. The number of fused-ring (bicyclic) bond motifs is 1. The van der Waals surface area contributed by atoms with Crippen molar-refractivity contribution in [1.29, 1.82) is 0 Å². The summed E-state index contributed by atoms with van der Waals surface area (Å²) in [6.45, 7) is 3.72. The fourth-order valence-corrected chi connectivity index (χ4v) is 4.67. The zero-order chi connectivity index (χ0) is 17.9. The number of anilines is 1. The summed E-state index contributed by atoms with van der Waals surface area (Å²) in [7, 11) is 0.439. The van der Waals surface area contributed by atoms with Gasteiger partial charge in [0.1, 0.15) is 5.75 Å². The smallest absolute Gasteiger partial charge is 0.142 e. The Hall–Kier alpha value is -2.37. The number of hydrogen-bond donors (Lipinski definition) is 1. The first-order valence-corrected chi connectivity index (χ1v) is 9.96. The first kappa shape index (κ1) is 17.1. The quantitative estimate of drug-likeness (QED) is 0.768. The Morgan fingerprint density at radius 3 is 2.58 bits per heavy atom. The molecule has 1 aliphatic heterocycles. The minimum Gasteiger partial charge on any atom is -0.495 e. The van der Waals surface area contributed by atoms with Crippen molar-refractivity contribution in [2.75, 3.05) is 38.2 Å². The maximum absolute atomic E-state index is 13.3. The molecule has 26 heavy (non-hydrogen) atoms. The molecule has 0 spiro atoms. The van der Waals surface area contributed by atoms with Crippen molar-refractivity contribution in [3.63, 3.8) is 0 Å². The lowest BCUT2D eigenvalue weighted by Gasteiger charge is -2.30. The number of methoxy groups -OCH3 is 1. The van der Waals surface area contributed by atoms with Crippen LogP contribution in [0.2, 0.25) is 0 Å². The molecule has 134 valence electrons. The van der Waals surface area contributed by atoms with E-state index in [0.29, 0.717) is 0 Å². The van der Waals surface area contributed by atoms with Gasteiger partial charge in [-0.15, -0.1) is 0 Å². The molecule has 1 aliphatic rings. The standard InChI is InChI=1S/C21H22N2O2S/c1-25-20-10-9-17(15-19(20)23-13-11-22-12-14-23)26(24)21-8-4-6-16-5-2-3-7-18(16)21/h2-10,15,22H,11-14H2,1H3. The van der Waals surface area contributed by atoms with E-state index in [9.17, 15) is 4.21 Å². The van der Waals surface area contributed by atoms with Crippen LogP contribution in [0.1, 0.15) is 0 Å². The van der Waals surface area contributed by atoms with Gasteiger partial charge in [0, 0.05) is 31.1 Å². The molecular weight excluding hydrogens is 344 g/mol. The highest BCUT2D eigenvalue weighted by molar-refractivity contribution is 7.85. The molecule has 4 rings (SSSR count). The Morgan fingerprint density at radius 1 is 1.00 bits per heavy atom. The molecule has 1 atom stereocenters. The number of benzene rings is 3. The highest BCUT2D eigenvalue weighted by Crippen LogP contribution is 2.33. The van der Waals surface area contributed by atoms with Crippen LogP contribution in [-0.4, -0.2) is 37.5 Å². The van der Waals surface area contributed by atoms with E-state index in [1.165, 1.54) is 0 Å². The molecule has 1 N–H and O–H groups in total. The molecule has 1 saturated heterocycles. The third-order valence-electron chi connectivity index (χ3n) is 4.77. The van der Waals surface area contributed by atoms with Crippen LogP contribution in [0.5, 0.6) is 5.75 Å². The Balaban J connectivity index is 1.76. The number of ether oxygens (including phenoxy) is 1. The van der Waals surface area contributed by atoms with Gasteiger partial charge in [-0.3, -0.25) is 0 Å². The first-order valence-electron chi connectivity index (χ1n) is 8.81. The normalized spacial score (nSPS) is 15.8. The van der Waals surface area contributed by atoms with Gasteiger partial charge >= 0.3 is 0 Å². The minimum atomic E-state index is -1.24. The van der Waals surface area contributed by atoms with Crippen LogP contribution in [0.3, 0.4) is 0 Å². The van der Waals surface area contributed by atoms with Crippen molar-refractivity contribution in [3.8, 4) is 5.75 Å². The SMILES string of the molecule is COc1ccc(S(=O)c2cccc3ccccc23)cc1N1CCNCC1. The summed E-state index contributed by atoms with van der Waals surface area (Å²) in [6.07, 6.45) is 0. The fourth-order valence-electron chi connectivity index (χ4n) is 3.42. The Labute approximate surface area is 156 Å². The van der Waals surface area contributed by atoms with Crippen LogP contribution in [0, 0.1) is 0 Å². The molecule has 5 heteroatoms. The van der Waals surface area contributed by atoms with Gasteiger partial charge in [0.25, 0.3) is 0 Å². The summed E-state index contributed by atoms with van der Waals surface area (Å²) < 4.78 is 18.9. The highest BCUT2D eigenvalue weighted by Gasteiger charge is 2.18. The van der Waals surface area contributed by atoms with Crippen molar-refractivity contribution in [3.05, 3.63) is 60.7 Å².